The average molecular weight is 448 g/mol. The Kier molecular flexibility index (Phi) is 9.30. The van der Waals surface area contributed by atoms with Gasteiger partial charge in [-0.1, -0.05) is 50.1 Å². The third-order valence-electron chi connectivity index (χ3n) is 5.03. The first kappa shape index (κ1) is 27.5. The first-order valence-corrected chi connectivity index (χ1v) is 11.2. The maximum absolute atomic E-state index is 13.6. The number of likely N-dealkylation sites (N-methyl/N-ethyl adjacent to an activating group) is 1. The molecule has 0 bridgehead atoms. The van der Waals surface area contributed by atoms with E-state index in [4.69, 9.17) is 4.74 Å². The predicted molar refractivity (Wildman–Crippen MR) is 127 cm³/mol. The molecule has 0 spiro atoms. The number of aryl methyl sites for hydroxylation is 1. The van der Waals surface area contributed by atoms with Crippen molar-refractivity contribution in [2.24, 2.45) is 5.92 Å². The average Bonchev–Trinajstić information content (AvgIpc) is 2.63. The lowest BCUT2D eigenvalue weighted by atomic mass is 9.95. The fraction of sp³-hybridized carbons (Fsp3) is 0.640. The largest absolute Gasteiger partial charge is 0.444 e. The van der Waals surface area contributed by atoms with Crippen LogP contribution in [-0.2, 0) is 14.3 Å². The topological polar surface area (TPSA) is 87.7 Å². The highest BCUT2D eigenvalue weighted by molar-refractivity contribution is 5.92. The Balaban J connectivity index is 3.29. The van der Waals surface area contributed by atoms with Crippen LogP contribution in [0.1, 0.15) is 79.0 Å². The number of ether oxygens (including phenoxy) is 1. The van der Waals surface area contributed by atoms with E-state index in [-0.39, 0.29) is 17.7 Å². The number of hydrogen-bond donors (Lipinski definition) is 2. The van der Waals surface area contributed by atoms with E-state index in [1.165, 1.54) is 4.90 Å². The zero-order valence-corrected chi connectivity index (χ0v) is 21.3. The van der Waals surface area contributed by atoms with Crippen LogP contribution in [0.15, 0.2) is 24.3 Å². The van der Waals surface area contributed by atoms with Crippen LogP contribution in [0.25, 0.3) is 0 Å². The van der Waals surface area contributed by atoms with Gasteiger partial charge in [-0.15, -0.1) is 0 Å². The van der Waals surface area contributed by atoms with Crippen LogP contribution < -0.4 is 10.6 Å². The van der Waals surface area contributed by atoms with Crippen molar-refractivity contribution in [2.75, 3.05) is 7.05 Å². The second-order valence-electron chi connectivity index (χ2n) is 10.5. The first-order valence-electron chi connectivity index (χ1n) is 11.2. The zero-order valence-electron chi connectivity index (χ0n) is 21.3. The van der Waals surface area contributed by atoms with Gasteiger partial charge in [0.15, 0.2) is 0 Å². The van der Waals surface area contributed by atoms with E-state index in [1.807, 2.05) is 65.8 Å². The van der Waals surface area contributed by atoms with Crippen LogP contribution in [0.2, 0.25) is 0 Å². The molecule has 180 valence electrons. The number of hydrogen-bond acceptors (Lipinski definition) is 4. The molecule has 0 saturated carbocycles. The number of nitrogens with one attached hydrogen (secondary N) is 2. The van der Waals surface area contributed by atoms with Gasteiger partial charge in [0.05, 0.1) is 0 Å². The summed E-state index contributed by atoms with van der Waals surface area (Å²) < 4.78 is 5.36. The van der Waals surface area contributed by atoms with Crippen molar-refractivity contribution in [1.29, 1.82) is 0 Å². The number of benzene rings is 1. The predicted octanol–water partition coefficient (Wildman–Crippen LogP) is 4.35. The van der Waals surface area contributed by atoms with E-state index in [9.17, 15) is 14.4 Å². The van der Waals surface area contributed by atoms with Crippen molar-refractivity contribution in [3.05, 3.63) is 35.4 Å². The number of rotatable bonds is 7. The Morgan fingerprint density at radius 3 is 2.00 bits per heavy atom. The summed E-state index contributed by atoms with van der Waals surface area (Å²) in [7, 11) is 1.60. The van der Waals surface area contributed by atoms with Gasteiger partial charge in [0.25, 0.3) is 0 Å². The van der Waals surface area contributed by atoms with E-state index in [1.54, 1.807) is 27.8 Å². The lowest BCUT2D eigenvalue weighted by molar-refractivity contribution is -0.142. The maximum Gasteiger partial charge on any atom is 0.408 e. The SMILES string of the molecule is CCC(C)C(NC(=O)OC(C)(C)C)C(=O)N(C)C(C(=O)NC(C)(C)C)c1ccc(C)cc1. The van der Waals surface area contributed by atoms with Crippen LogP contribution in [0.4, 0.5) is 4.79 Å². The fourth-order valence-corrected chi connectivity index (χ4v) is 3.20. The van der Waals surface area contributed by atoms with Gasteiger partial charge in [-0.25, -0.2) is 4.79 Å². The lowest BCUT2D eigenvalue weighted by Gasteiger charge is -2.35. The number of carbonyl (C=O) groups excluding carboxylic acids is 3. The number of carbonyl (C=O) groups is 3. The van der Waals surface area contributed by atoms with E-state index in [0.29, 0.717) is 12.0 Å². The van der Waals surface area contributed by atoms with Crippen molar-refractivity contribution in [3.8, 4) is 0 Å². The van der Waals surface area contributed by atoms with Gasteiger partial charge >= 0.3 is 6.09 Å². The molecular weight excluding hydrogens is 406 g/mol. The highest BCUT2D eigenvalue weighted by Gasteiger charge is 2.36. The molecule has 3 amide bonds. The Morgan fingerprint density at radius 2 is 1.56 bits per heavy atom. The molecular formula is C25H41N3O4. The van der Waals surface area contributed by atoms with Gasteiger partial charge in [-0.05, 0) is 59.9 Å². The first-order chi connectivity index (χ1) is 14.6. The van der Waals surface area contributed by atoms with Crippen LogP contribution in [0, 0.1) is 12.8 Å². The molecule has 0 fully saturated rings. The maximum atomic E-state index is 13.6. The second kappa shape index (κ2) is 10.8. The Hall–Kier alpha value is -2.57. The smallest absolute Gasteiger partial charge is 0.408 e. The van der Waals surface area contributed by atoms with Crippen LogP contribution in [0.3, 0.4) is 0 Å². The van der Waals surface area contributed by atoms with Crippen molar-refractivity contribution >= 4 is 17.9 Å². The third-order valence-corrected chi connectivity index (χ3v) is 5.03. The van der Waals surface area contributed by atoms with Gasteiger partial charge in [0.1, 0.15) is 17.7 Å². The molecule has 1 rings (SSSR count). The monoisotopic (exact) mass is 447 g/mol. The minimum atomic E-state index is -0.839. The van der Waals surface area contributed by atoms with Crippen LogP contribution in [0.5, 0.6) is 0 Å². The Labute approximate surface area is 193 Å². The zero-order chi connectivity index (χ0) is 24.9. The molecule has 1 aromatic rings. The molecule has 0 aliphatic heterocycles. The lowest BCUT2D eigenvalue weighted by Crippen LogP contribution is -2.55. The number of amides is 3. The van der Waals surface area contributed by atoms with Crippen molar-refractivity contribution in [2.45, 2.75) is 92.0 Å². The van der Waals surface area contributed by atoms with Gasteiger partial charge in [-0.3, -0.25) is 9.59 Å². The summed E-state index contributed by atoms with van der Waals surface area (Å²) in [5, 5.41) is 5.70. The van der Waals surface area contributed by atoms with Gasteiger partial charge in [0.2, 0.25) is 11.8 Å². The fourth-order valence-electron chi connectivity index (χ4n) is 3.20. The molecule has 7 nitrogen and oxygen atoms in total. The highest BCUT2D eigenvalue weighted by atomic mass is 16.6. The van der Waals surface area contributed by atoms with E-state index in [0.717, 1.165) is 5.56 Å². The molecule has 0 aromatic heterocycles. The normalized spacial score (nSPS) is 14.7. The summed E-state index contributed by atoms with van der Waals surface area (Å²) in [6.45, 7) is 16.8. The summed E-state index contributed by atoms with van der Waals surface area (Å²) in [6.07, 6.45) is 0.0132. The molecule has 7 heteroatoms. The molecule has 0 aliphatic rings. The van der Waals surface area contributed by atoms with Crippen molar-refractivity contribution < 1.29 is 19.1 Å². The van der Waals surface area contributed by atoms with E-state index >= 15 is 0 Å². The molecule has 0 aliphatic carbocycles. The minimum absolute atomic E-state index is 0.151. The van der Waals surface area contributed by atoms with Gasteiger partial charge < -0.3 is 20.3 Å². The molecule has 2 N–H and O–H groups in total. The Morgan fingerprint density at radius 1 is 1.03 bits per heavy atom. The molecule has 0 saturated heterocycles. The molecule has 1 aromatic carbocycles. The molecule has 0 radical (unpaired) electrons. The summed E-state index contributed by atoms with van der Waals surface area (Å²) in [5.74, 6) is -0.779. The van der Waals surface area contributed by atoms with E-state index in [2.05, 4.69) is 10.6 Å². The third kappa shape index (κ3) is 8.52. The standard InChI is InChI=1S/C25H41N3O4/c1-11-17(3)19(26-23(31)32-25(7,8)9)22(30)28(10)20(21(29)27-24(4,5)6)18-14-12-16(2)13-15-18/h12-15,17,19-20H,11H2,1-10H3,(H,26,31)(H,27,29). The minimum Gasteiger partial charge on any atom is -0.444 e. The summed E-state index contributed by atoms with van der Waals surface area (Å²) in [5.41, 5.74) is 0.611. The summed E-state index contributed by atoms with van der Waals surface area (Å²) in [6, 6.07) is 5.87. The van der Waals surface area contributed by atoms with Crippen LogP contribution in [-0.4, -0.2) is 47.0 Å². The van der Waals surface area contributed by atoms with Crippen LogP contribution >= 0.6 is 0 Å². The summed E-state index contributed by atoms with van der Waals surface area (Å²) >= 11 is 0. The molecule has 3 atom stereocenters. The number of nitrogens with zero attached hydrogens (tertiary/aromatic N) is 1. The molecule has 32 heavy (non-hydrogen) atoms. The molecule has 0 heterocycles. The highest BCUT2D eigenvalue weighted by Crippen LogP contribution is 2.24. The van der Waals surface area contributed by atoms with Crippen molar-refractivity contribution in [1.82, 2.24) is 15.5 Å². The number of alkyl carbamates (subject to hydrolysis) is 1. The molecule has 3 unspecified atom stereocenters. The Bertz CT molecular complexity index is 791. The van der Waals surface area contributed by atoms with E-state index < -0.39 is 29.3 Å². The quantitative estimate of drug-likeness (QED) is 0.650. The summed E-state index contributed by atoms with van der Waals surface area (Å²) in [4.78, 5) is 40.7. The van der Waals surface area contributed by atoms with Crippen molar-refractivity contribution in [3.63, 3.8) is 0 Å². The second-order valence-corrected chi connectivity index (χ2v) is 10.5. The van der Waals surface area contributed by atoms with Gasteiger partial charge in [-0.2, -0.15) is 0 Å². The van der Waals surface area contributed by atoms with Gasteiger partial charge in [0, 0.05) is 12.6 Å².